The van der Waals surface area contributed by atoms with Gasteiger partial charge in [0.25, 0.3) is 0 Å². The molecule has 20 heavy (non-hydrogen) atoms. The number of benzene rings is 1. The van der Waals surface area contributed by atoms with Crippen LogP contribution in [0.25, 0.3) is 0 Å². The van der Waals surface area contributed by atoms with Crippen LogP contribution in [0.2, 0.25) is 0 Å². The topological polar surface area (TPSA) is 51.5 Å². The van der Waals surface area contributed by atoms with E-state index in [-0.39, 0.29) is 24.5 Å². The Morgan fingerprint density at radius 2 is 2.00 bits per heavy atom. The normalized spacial score (nSPS) is 13.7. The number of ether oxygens (including phenoxy) is 1. The van der Waals surface area contributed by atoms with Gasteiger partial charge in [-0.05, 0) is 24.6 Å². The van der Waals surface area contributed by atoms with Gasteiger partial charge in [0.1, 0.15) is 5.76 Å². The molecule has 0 saturated carbocycles. The number of nitrogens with one attached hydrogen (secondary N) is 1. The van der Waals surface area contributed by atoms with Crippen molar-refractivity contribution in [3.8, 4) is 0 Å². The van der Waals surface area contributed by atoms with Crippen LogP contribution in [0.1, 0.15) is 36.8 Å². The first-order valence-electron chi connectivity index (χ1n) is 6.62. The molecule has 0 bridgehead atoms. The molecule has 0 aliphatic carbocycles. The first-order valence-corrected chi connectivity index (χ1v) is 6.62. The summed E-state index contributed by atoms with van der Waals surface area (Å²) in [5.41, 5.74) is 1.16. The Labute approximate surface area is 118 Å². The highest BCUT2D eigenvalue weighted by molar-refractivity contribution is 5.70. The molecule has 0 saturated heterocycles. The molecular formula is C16H19NO3. The maximum Gasteiger partial charge on any atom is 0.307 e. The van der Waals surface area contributed by atoms with Gasteiger partial charge in [0.05, 0.1) is 25.8 Å². The zero-order valence-electron chi connectivity index (χ0n) is 11.7. The predicted molar refractivity (Wildman–Crippen MR) is 76.1 cm³/mol. The van der Waals surface area contributed by atoms with Crippen LogP contribution in [0.3, 0.4) is 0 Å². The van der Waals surface area contributed by atoms with Gasteiger partial charge in [-0.3, -0.25) is 4.79 Å². The molecule has 0 aliphatic rings. The maximum absolute atomic E-state index is 11.5. The lowest BCUT2D eigenvalue weighted by atomic mass is 10.1. The number of hydrogen-bond donors (Lipinski definition) is 1. The number of esters is 1. The third-order valence-corrected chi connectivity index (χ3v) is 3.24. The highest BCUT2D eigenvalue weighted by Gasteiger charge is 2.21. The van der Waals surface area contributed by atoms with E-state index in [9.17, 15) is 4.79 Å². The summed E-state index contributed by atoms with van der Waals surface area (Å²) in [5, 5.41) is 3.41. The van der Waals surface area contributed by atoms with Gasteiger partial charge in [-0.1, -0.05) is 30.3 Å². The van der Waals surface area contributed by atoms with Gasteiger partial charge in [0.2, 0.25) is 0 Å². The van der Waals surface area contributed by atoms with Gasteiger partial charge in [-0.15, -0.1) is 0 Å². The van der Waals surface area contributed by atoms with E-state index in [2.05, 4.69) is 24.4 Å². The average molecular weight is 273 g/mol. The fourth-order valence-electron chi connectivity index (χ4n) is 2.12. The number of rotatable bonds is 6. The number of hydrogen-bond acceptors (Lipinski definition) is 4. The highest BCUT2D eigenvalue weighted by Crippen LogP contribution is 2.23. The summed E-state index contributed by atoms with van der Waals surface area (Å²) < 4.78 is 10.2. The van der Waals surface area contributed by atoms with Crippen LogP contribution >= 0.6 is 0 Å². The highest BCUT2D eigenvalue weighted by atomic mass is 16.5. The first-order chi connectivity index (χ1) is 9.70. The zero-order valence-corrected chi connectivity index (χ0v) is 11.7. The minimum Gasteiger partial charge on any atom is -0.469 e. The van der Waals surface area contributed by atoms with Crippen LogP contribution < -0.4 is 5.32 Å². The van der Waals surface area contributed by atoms with Crippen molar-refractivity contribution in [2.45, 2.75) is 25.4 Å². The van der Waals surface area contributed by atoms with E-state index >= 15 is 0 Å². The van der Waals surface area contributed by atoms with Gasteiger partial charge >= 0.3 is 5.97 Å². The molecule has 0 spiro atoms. The van der Waals surface area contributed by atoms with Gasteiger partial charge in [-0.2, -0.15) is 0 Å². The average Bonchev–Trinajstić information content (AvgIpc) is 3.01. The van der Waals surface area contributed by atoms with Crippen molar-refractivity contribution < 1.29 is 13.9 Å². The van der Waals surface area contributed by atoms with Crippen LogP contribution in [0.15, 0.2) is 53.1 Å². The van der Waals surface area contributed by atoms with E-state index in [1.54, 1.807) is 6.26 Å². The molecule has 1 aromatic carbocycles. The second-order valence-electron chi connectivity index (χ2n) is 4.65. The van der Waals surface area contributed by atoms with Crippen molar-refractivity contribution in [3.05, 3.63) is 60.1 Å². The summed E-state index contributed by atoms with van der Waals surface area (Å²) in [6.07, 6.45) is 1.84. The second-order valence-corrected chi connectivity index (χ2v) is 4.65. The molecule has 0 fully saturated rings. The van der Waals surface area contributed by atoms with E-state index in [0.29, 0.717) is 0 Å². The molecule has 4 nitrogen and oxygen atoms in total. The van der Waals surface area contributed by atoms with Crippen LogP contribution in [-0.2, 0) is 9.53 Å². The van der Waals surface area contributed by atoms with Gasteiger partial charge < -0.3 is 14.5 Å². The lowest BCUT2D eigenvalue weighted by Crippen LogP contribution is -2.26. The summed E-state index contributed by atoms with van der Waals surface area (Å²) in [7, 11) is 1.39. The van der Waals surface area contributed by atoms with Gasteiger partial charge in [0.15, 0.2) is 0 Å². The lowest BCUT2D eigenvalue weighted by Gasteiger charge is -2.21. The van der Waals surface area contributed by atoms with E-state index in [1.807, 2.05) is 30.3 Å². The Morgan fingerprint density at radius 3 is 2.60 bits per heavy atom. The molecule has 4 heteroatoms. The quantitative estimate of drug-likeness (QED) is 0.821. The molecule has 2 aromatic rings. The molecule has 1 unspecified atom stereocenters. The number of methoxy groups -OCH3 is 1. The van der Waals surface area contributed by atoms with Crippen molar-refractivity contribution in [1.82, 2.24) is 5.32 Å². The second kappa shape index (κ2) is 6.91. The van der Waals surface area contributed by atoms with E-state index < -0.39 is 0 Å². The number of carbonyl (C=O) groups excluding carboxylic acids is 1. The fraction of sp³-hybridized carbons (Fsp3) is 0.312. The SMILES string of the molecule is COC(=O)CC(N[C@@H](C)c1ccccc1)c1ccco1. The maximum atomic E-state index is 11.5. The molecule has 0 amide bonds. The summed E-state index contributed by atoms with van der Waals surface area (Å²) in [4.78, 5) is 11.5. The third kappa shape index (κ3) is 3.71. The standard InChI is InChI=1S/C16H19NO3/c1-12(13-7-4-3-5-8-13)17-14(11-16(18)19-2)15-9-6-10-20-15/h3-10,12,14,17H,11H2,1-2H3/t12-,14?/m0/s1. The van der Waals surface area contributed by atoms with Crippen molar-refractivity contribution in [2.24, 2.45) is 0 Å². The van der Waals surface area contributed by atoms with Gasteiger partial charge in [0, 0.05) is 6.04 Å². The Bertz CT molecular complexity index is 522. The molecular weight excluding hydrogens is 254 g/mol. The molecule has 0 aliphatic heterocycles. The Hall–Kier alpha value is -2.07. The van der Waals surface area contributed by atoms with E-state index in [0.717, 1.165) is 11.3 Å². The molecule has 2 atom stereocenters. The third-order valence-electron chi connectivity index (χ3n) is 3.24. The van der Waals surface area contributed by atoms with Crippen molar-refractivity contribution in [1.29, 1.82) is 0 Å². The summed E-state index contributed by atoms with van der Waals surface area (Å²) >= 11 is 0. The molecule has 1 aromatic heterocycles. The smallest absolute Gasteiger partial charge is 0.307 e. The first kappa shape index (κ1) is 14.3. The van der Waals surface area contributed by atoms with Crippen LogP contribution in [0, 0.1) is 0 Å². The fourth-order valence-corrected chi connectivity index (χ4v) is 2.12. The van der Waals surface area contributed by atoms with E-state index in [1.165, 1.54) is 7.11 Å². The summed E-state index contributed by atoms with van der Waals surface area (Å²) in [6.45, 7) is 2.06. The van der Waals surface area contributed by atoms with Gasteiger partial charge in [-0.25, -0.2) is 0 Å². The van der Waals surface area contributed by atoms with Crippen molar-refractivity contribution in [3.63, 3.8) is 0 Å². The number of furan rings is 1. The van der Waals surface area contributed by atoms with E-state index in [4.69, 9.17) is 9.15 Å². The van der Waals surface area contributed by atoms with Crippen LogP contribution in [0.4, 0.5) is 0 Å². The predicted octanol–water partition coefficient (Wildman–Crippen LogP) is 3.23. The molecule has 1 heterocycles. The van der Waals surface area contributed by atoms with Crippen molar-refractivity contribution >= 4 is 5.97 Å². The number of carbonyl (C=O) groups is 1. The molecule has 106 valence electrons. The summed E-state index contributed by atoms with van der Waals surface area (Å²) in [5.74, 6) is 0.470. The summed E-state index contributed by atoms with van der Waals surface area (Å²) in [6, 6.07) is 13.7. The Balaban J connectivity index is 2.09. The lowest BCUT2D eigenvalue weighted by molar-refractivity contribution is -0.141. The van der Waals surface area contributed by atoms with Crippen LogP contribution in [0.5, 0.6) is 0 Å². The largest absolute Gasteiger partial charge is 0.469 e. The zero-order chi connectivity index (χ0) is 14.4. The van der Waals surface area contributed by atoms with Crippen LogP contribution in [-0.4, -0.2) is 13.1 Å². The molecule has 2 rings (SSSR count). The minimum absolute atomic E-state index is 0.107. The van der Waals surface area contributed by atoms with Crippen molar-refractivity contribution in [2.75, 3.05) is 7.11 Å². The monoisotopic (exact) mass is 273 g/mol. The Morgan fingerprint density at radius 1 is 1.25 bits per heavy atom. The Kier molecular flexibility index (Phi) is 4.96. The molecule has 0 radical (unpaired) electrons. The molecule has 1 N–H and O–H groups in total. The minimum atomic E-state index is -0.265.